The summed E-state index contributed by atoms with van der Waals surface area (Å²) in [6.45, 7) is 0.383. The molecule has 4 rings (SSSR count). The van der Waals surface area contributed by atoms with Crippen LogP contribution in [-0.4, -0.2) is 29.6 Å². The number of hydrogen-bond donors (Lipinski definition) is 1. The molecule has 2 amide bonds. The summed E-state index contributed by atoms with van der Waals surface area (Å²) in [4.78, 5) is 32.6. The monoisotopic (exact) mass is 433 g/mol. The summed E-state index contributed by atoms with van der Waals surface area (Å²) in [5, 5.41) is 2.92. The molecule has 1 N–H and O–H groups in total. The van der Waals surface area contributed by atoms with E-state index >= 15 is 0 Å². The summed E-state index contributed by atoms with van der Waals surface area (Å²) in [7, 11) is 0. The Morgan fingerprint density at radius 3 is 2.77 bits per heavy atom. The number of pyridine rings is 1. The van der Waals surface area contributed by atoms with E-state index in [4.69, 9.17) is 4.74 Å². The summed E-state index contributed by atoms with van der Waals surface area (Å²) in [6.07, 6.45) is 3.72. The molecular weight excluding hydrogens is 410 g/mol. The number of nitrogens with zero attached hydrogens (tertiary/aromatic N) is 2. The topological polar surface area (TPSA) is 71.5 Å². The van der Waals surface area contributed by atoms with Gasteiger partial charge in [0, 0.05) is 35.3 Å². The second-order valence-corrected chi connectivity index (χ2v) is 7.99. The standard InChI is InChI=1S/C24H23N3O3S/c1-31-19-11-5-10-18(16-19)26-21(28)13-7-15-27-23-20(12-6-14-25-23)30-22(24(27)29)17-8-3-2-4-9-17/h2-6,8-12,14,16,22H,7,13,15H2,1H3,(H,26,28). The summed E-state index contributed by atoms with van der Waals surface area (Å²) in [5.41, 5.74) is 1.56. The number of benzene rings is 2. The number of carbonyl (C=O) groups is 2. The first-order valence-corrected chi connectivity index (χ1v) is 11.3. The maximum absolute atomic E-state index is 13.2. The number of rotatable bonds is 7. The van der Waals surface area contributed by atoms with Crippen molar-refractivity contribution in [2.45, 2.75) is 23.8 Å². The second-order valence-electron chi connectivity index (χ2n) is 7.11. The Labute approximate surface area is 185 Å². The normalized spacial score (nSPS) is 15.2. The minimum absolute atomic E-state index is 0.0835. The van der Waals surface area contributed by atoms with E-state index in [-0.39, 0.29) is 11.8 Å². The molecule has 158 valence electrons. The number of ether oxygens (including phenoxy) is 1. The van der Waals surface area contributed by atoms with Crippen LogP contribution in [0.2, 0.25) is 0 Å². The first-order chi connectivity index (χ1) is 15.2. The summed E-state index contributed by atoms with van der Waals surface area (Å²) >= 11 is 1.62. The highest BCUT2D eigenvalue weighted by Crippen LogP contribution is 2.37. The van der Waals surface area contributed by atoms with E-state index < -0.39 is 6.10 Å². The lowest BCUT2D eigenvalue weighted by Crippen LogP contribution is -2.42. The first-order valence-electron chi connectivity index (χ1n) is 10.1. The number of hydrogen-bond acceptors (Lipinski definition) is 5. The Balaban J connectivity index is 1.43. The van der Waals surface area contributed by atoms with Crippen LogP contribution in [0.25, 0.3) is 0 Å². The van der Waals surface area contributed by atoms with Gasteiger partial charge in [-0.05, 0) is 43.0 Å². The van der Waals surface area contributed by atoms with Gasteiger partial charge >= 0.3 is 0 Å². The lowest BCUT2D eigenvalue weighted by atomic mass is 10.1. The number of amides is 2. The van der Waals surface area contributed by atoms with Crippen molar-refractivity contribution >= 4 is 35.1 Å². The zero-order chi connectivity index (χ0) is 21.6. The van der Waals surface area contributed by atoms with Gasteiger partial charge in [-0.15, -0.1) is 11.8 Å². The zero-order valence-electron chi connectivity index (χ0n) is 17.2. The van der Waals surface area contributed by atoms with Crippen LogP contribution in [0.5, 0.6) is 5.75 Å². The molecule has 0 spiro atoms. The van der Waals surface area contributed by atoms with Crippen LogP contribution in [0, 0.1) is 0 Å². The zero-order valence-corrected chi connectivity index (χ0v) is 18.0. The van der Waals surface area contributed by atoms with Crippen LogP contribution in [0.4, 0.5) is 11.5 Å². The molecule has 6 nitrogen and oxygen atoms in total. The molecule has 1 unspecified atom stereocenters. The van der Waals surface area contributed by atoms with Crippen molar-refractivity contribution in [3.8, 4) is 5.75 Å². The Bertz CT molecular complexity index is 1070. The predicted molar refractivity (Wildman–Crippen MR) is 122 cm³/mol. The fourth-order valence-electron chi connectivity index (χ4n) is 3.48. The van der Waals surface area contributed by atoms with Crippen molar-refractivity contribution in [1.82, 2.24) is 4.98 Å². The molecule has 0 radical (unpaired) electrons. The number of carbonyl (C=O) groups excluding carboxylic acids is 2. The molecule has 2 heterocycles. The Hall–Kier alpha value is -3.32. The molecule has 3 aromatic rings. The van der Waals surface area contributed by atoms with Crippen LogP contribution in [0.1, 0.15) is 24.5 Å². The Morgan fingerprint density at radius 2 is 1.97 bits per heavy atom. The fourth-order valence-corrected chi connectivity index (χ4v) is 3.94. The van der Waals surface area contributed by atoms with Crippen LogP contribution in [-0.2, 0) is 9.59 Å². The van der Waals surface area contributed by atoms with Crippen LogP contribution in [0.3, 0.4) is 0 Å². The number of anilines is 2. The van der Waals surface area contributed by atoms with Gasteiger partial charge in [-0.1, -0.05) is 36.4 Å². The highest BCUT2D eigenvalue weighted by Gasteiger charge is 2.36. The van der Waals surface area contributed by atoms with E-state index in [0.29, 0.717) is 31.0 Å². The highest BCUT2D eigenvalue weighted by molar-refractivity contribution is 7.98. The SMILES string of the molecule is CSc1cccc(NC(=O)CCCN2C(=O)C(c3ccccc3)Oc3cccnc32)c1. The van der Waals surface area contributed by atoms with Gasteiger partial charge in [0.25, 0.3) is 5.91 Å². The van der Waals surface area contributed by atoms with E-state index in [1.165, 1.54) is 0 Å². The number of thioether (sulfide) groups is 1. The van der Waals surface area contributed by atoms with Gasteiger partial charge in [-0.25, -0.2) is 4.98 Å². The summed E-state index contributed by atoms with van der Waals surface area (Å²) in [5.74, 6) is 0.798. The molecule has 1 aliphatic heterocycles. The Kier molecular flexibility index (Phi) is 6.52. The quantitative estimate of drug-likeness (QED) is 0.548. The summed E-state index contributed by atoms with van der Waals surface area (Å²) in [6, 6.07) is 20.7. The number of nitrogens with one attached hydrogen (secondary N) is 1. The average molecular weight is 434 g/mol. The van der Waals surface area contributed by atoms with E-state index in [0.717, 1.165) is 16.1 Å². The molecule has 0 fully saturated rings. The molecule has 0 saturated carbocycles. The summed E-state index contributed by atoms with van der Waals surface area (Å²) < 4.78 is 5.95. The predicted octanol–water partition coefficient (Wildman–Crippen LogP) is 4.69. The van der Waals surface area contributed by atoms with Crippen molar-refractivity contribution in [2.75, 3.05) is 23.0 Å². The minimum Gasteiger partial charge on any atom is -0.472 e. The van der Waals surface area contributed by atoms with Gasteiger partial charge in [0.15, 0.2) is 11.6 Å². The molecule has 1 aromatic heterocycles. The second kappa shape index (κ2) is 9.66. The minimum atomic E-state index is -0.721. The molecule has 1 atom stereocenters. The van der Waals surface area contributed by atoms with Crippen LogP contribution in [0.15, 0.2) is 77.8 Å². The largest absolute Gasteiger partial charge is 0.472 e. The van der Waals surface area contributed by atoms with Gasteiger partial charge in [0.05, 0.1) is 0 Å². The third-order valence-electron chi connectivity index (χ3n) is 4.98. The van der Waals surface area contributed by atoms with Crippen LogP contribution >= 0.6 is 11.8 Å². The van der Waals surface area contributed by atoms with Crippen molar-refractivity contribution in [3.05, 3.63) is 78.5 Å². The smallest absolute Gasteiger partial charge is 0.274 e. The van der Waals surface area contributed by atoms with E-state index in [9.17, 15) is 9.59 Å². The van der Waals surface area contributed by atoms with E-state index in [1.54, 1.807) is 28.9 Å². The Morgan fingerprint density at radius 1 is 1.13 bits per heavy atom. The maximum Gasteiger partial charge on any atom is 0.274 e. The molecule has 31 heavy (non-hydrogen) atoms. The lowest BCUT2D eigenvalue weighted by molar-refractivity contribution is -0.127. The molecule has 1 aliphatic rings. The van der Waals surface area contributed by atoms with E-state index in [1.807, 2.05) is 66.9 Å². The van der Waals surface area contributed by atoms with Gasteiger partial charge in [-0.3, -0.25) is 14.5 Å². The molecule has 0 bridgehead atoms. The van der Waals surface area contributed by atoms with Crippen molar-refractivity contribution in [1.29, 1.82) is 0 Å². The third-order valence-corrected chi connectivity index (χ3v) is 5.71. The highest BCUT2D eigenvalue weighted by atomic mass is 32.2. The number of fused-ring (bicyclic) bond motifs is 1. The van der Waals surface area contributed by atoms with Gasteiger partial charge in [0.1, 0.15) is 0 Å². The van der Waals surface area contributed by atoms with Crippen molar-refractivity contribution in [3.63, 3.8) is 0 Å². The van der Waals surface area contributed by atoms with E-state index in [2.05, 4.69) is 10.3 Å². The van der Waals surface area contributed by atoms with Gasteiger partial charge in [0.2, 0.25) is 12.0 Å². The molecule has 2 aromatic carbocycles. The third kappa shape index (κ3) is 4.88. The molecule has 0 saturated heterocycles. The first kappa shape index (κ1) is 20.9. The fraction of sp³-hybridized carbons (Fsp3) is 0.208. The number of aromatic nitrogens is 1. The van der Waals surface area contributed by atoms with Gasteiger partial charge in [-0.2, -0.15) is 0 Å². The van der Waals surface area contributed by atoms with Gasteiger partial charge < -0.3 is 10.1 Å². The van der Waals surface area contributed by atoms with Crippen LogP contribution < -0.4 is 15.0 Å². The molecule has 0 aliphatic carbocycles. The lowest BCUT2D eigenvalue weighted by Gasteiger charge is -2.33. The molecule has 7 heteroatoms. The van der Waals surface area contributed by atoms with Crippen molar-refractivity contribution < 1.29 is 14.3 Å². The molecular formula is C24H23N3O3S. The van der Waals surface area contributed by atoms with Crippen molar-refractivity contribution in [2.24, 2.45) is 0 Å². The average Bonchev–Trinajstić information content (AvgIpc) is 2.81. The maximum atomic E-state index is 13.2.